The Morgan fingerprint density at radius 3 is 3.05 bits per heavy atom. The number of thiophene rings is 2. The van der Waals surface area contributed by atoms with Crippen LogP contribution in [0.2, 0.25) is 0 Å². The first kappa shape index (κ1) is 13.9. The predicted molar refractivity (Wildman–Crippen MR) is 94.4 cm³/mol. The van der Waals surface area contributed by atoms with Gasteiger partial charge >= 0.3 is 0 Å². The van der Waals surface area contributed by atoms with Crippen LogP contribution < -0.4 is 5.56 Å². The molecule has 1 aliphatic carbocycles. The van der Waals surface area contributed by atoms with Crippen molar-refractivity contribution in [2.45, 2.75) is 25.8 Å². The lowest BCUT2D eigenvalue weighted by atomic mass is 10.2. The summed E-state index contributed by atoms with van der Waals surface area (Å²) in [7, 11) is 0. The van der Waals surface area contributed by atoms with Gasteiger partial charge in [-0.2, -0.15) is 0 Å². The number of hydrogen-bond acceptors (Lipinski definition) is 4. The zero-order chi connectivity index (χ0) is 14.6. The van der Waals surface area contributed by atoms with Crippen molar-refractivity contribution in [3.05, 3.63) is 46.4 Å². The van der Waals surface area contributed by atoms with E-state index in [1.807, 2.05) is 11.4 Å². The minimum absolute atomic E-state index is 0.0534. The first-order valence-corrected chi connectivity index (χ1v) is 9.53. The molecule has 1 N–H and O–H groups in total. The van der Waals surface area contributed by atoms with Gasteiger partial charge in [-0.15, -0.1) is 22.7 Å². The molecule has 0 saturated heterocycles. The van der Waals surface area contributed by atoms with Crippen molar-refractivity contribution < 1.29 is 0 Å². The summed E-state index contributed by atoms with van der Waals surface area (Å²) in [5.74, 6) is 0. The van der Waals surface area contributed by atoms with E-state index < -0.39 is 0 Å². The third-order valence-corrected chi connectivity index (χ3v) is 6.99. The van der Waals surface area contributed by atoms with Gasteiger partial charge in [0.25, 0.3) is 5.56 Å². The lowest BCUT2D eigenvalue weighted by molar-refractivity contribution is 0.743. The standard InChI is InChI=1S/C14H11BrN2OS3/c15-7-4-8(20-6-7)5-17-13(18)11-9-2-1-3-10(9)21-12(11)16-14(17)19/h4,6H,1-3,5H2,(H,16,19). The number of aryl methyl sites for hydroxylation is 2. The molecule has 0 atom stereocenters. The Balaban J connectivity index is 1.93. The smallest absolute Gasteiger partial charge is 0.263 e. The molecule has 0 aliphatic heterocycles. The number of halogens is 1. The Hall–Kier alpha value is -0.760. The SMILES string of the molecule is O=c1c2c3c(sc2[nH]c(=S)n1Cc1cc(Br)cs1)CCC3. The quantitative estimate of drug-likeness (QED) is 0.646. The van der Waals surface area contributed by atoms with Crippen LogP contribution in [0.25, 0.3) is 10.2 Å². The maximum Gasteiger partial charge on any atom is 0.263 e. The summed E-state index contributed by atoms with van der Waals surface area (Å²) in [5.41, 5.74) is 1.30. The van der Waals surface area contributed by atoms with Crippen molar-refractivity contribution >= 4 is 61.0 Å². The largest absolute Gasteiger partial charge is 0.323 e. The first-order valence-electron chi connectivity index (χ1n) is 6.64. The average Bonchev–Trinajstić information content (AvgIpc) is 3.10. The third kappa shape index (κ3) is 2.27. The molecule has 108 valence electrons. The van der Waals surface area contributed by atoms with Gasteiger partial charge in [0.2, 0.25) is 0 Å². The number of rotatable bonds is 2. The minimum atomic E-state index is 0.0534. The molecule has 0 bridgehead atoms. The molecule has 21 heavy (non-hydrogen) atoms. The van der Waals surface area contributed by atoms with Crippen molar-refractivity contribution in [3.63, 3.8) is 0 Å². The van der Waals surface area contributed by atoms with Crippen LogP contribution >= 0.6 is 50.8 Å². The van der Waals surface area contributed by atoms with Crippen molar-refractivity contribution in [2.24, 2.45) is 0 Å². The fraction of sp³-hybridized carbons (Fsp3) is 0.286. The maximum absolute atomic E-state index is 12.9. The monoisotopic (exact) mass is 398 g/mol. The molecule has 0 unspecified atom stereocenters. The second-order valence-electron chi connectivity index (χ2n) is 5.11. The summed E-state index contributed by atoms with van der Waals surface area (Å²) in [6, 6.07) is 2.04. The highest BCUT2D eigenvalue weighted by atomic mass is 79.9. The van der Waals surface area contributed by atoms with Crippen LogP contribution in [0.4, 0.5) is 0 Å². The Morgan fingerprint density at radius 2 is 2.29 bits per heavy atom. The molecule has 3 nitrogen and oxygen atoms in total. The molecule has 7 heteroatoms. The van der Waals surface area contributed by atoms with Crippen LogP contribution in [0, 0.1) is 4.77 Å². The summed E-state index contributed by atoms with van der Waals surface area (Å²) < 4.78 is 3.24. The number of H-pyrrole nitrogens is 1. The number of aromatic nitrogens is 2. The molecule has 0 spiro atoms. The second kappa shape index (κ2) is 5.15. The van der Waals surface area contributed by atoms with E-state index in [0.29, 0.717) is 11.3 Å². The number of fused-ring (bicyclic) bond motifs is 3. The van der Waals surface area contributed by atoms with Crippen LogP contribution in [0.15, 0.2) is 20.7 Å². The first-order chi connectivity index (χ1) is 10.1. The molecule has 3 aromatic rings. The van der Waals surface area contributed by atoms with Gasteiger partial charge in [0.15, 0.2) is 4.77 Å². The zero-order valence-electron chi connectivity index (χ0n) is 10.9. The number of aromatic amines is 1. The molecule has 3 heterocycles. The highest BCUT2D eigenvalue weighted by Gasteiger charge is 2.21. The fourth-order valence-electron chi connectivity index (χ4n) is 2.85. The summed E-state index contributed by atoms with van der Waals surface area (Å²) in [6.45, 7) is 0.533. The number of nitrogens with zero attached hydrogens (tertiary/aromatic N) is 1. The van der Waals surface area contributed by atoms with Gasteiger partial charge in [-0.3, -0.25) is 9.36 Å². The topological polar surface area (TPSA) is 37.8 Å². The molecule has 4 rings (SSSR count). The van der Waals surface area contributed by atoms with Gasteiger partial charge in [-0.1, -0.05) is 0 Å². The van der Waals surface area contributed by atoms with E-state index in [2.05, 4.69) is 20.9 Å². The number of hydrogen-bond donors (Lipinski definition) is 1. The lowest BCUT2D eigenvalue weighted by Gasteiger charge is -2.05. The van der Waals surface area contributed by atoms with Crippen molar-refractivity contribution in [2.75, 3.05) is 0 Å². The van der Waals surface area contributed by atoms with E-state index in [9.17, 15) is 4.79 Å². The highest BCUT2D eigenvalue weighted by molar-refractivity contribution is 9.10. The van der Waals surface area contributed by atoms with E-state index >= 15 is 0 Å². The Kier molecular flexibility index (Phi) is 3.40. The van der Waals surface area contributed by atoms with Gasteiger partial charge in [0.1, 0.15) is 4.83 Å². The predicted octanol–water partition coefficient (Wildman–Crippen LogP) is 4.48. The number of nitrogens with one attached hydrogen (secondary N) is 1. The summed E-state index contributed by atoms with van der Waals surface area (Å²) in [6.07, 6.45) is 3.26. The Labute approximate surface area is 142 Å². The van der Waals surface area contributed by atoms with Crippen LogP contribution in [0.5, 0.6) is 0 Å². The molecule has 0 saturated carbocycles. The molecule has 0 fully saturated rings. The maximum atomic E-state index is 12.9. The van der Waals surface area contributed by atoms with Crippen molar-refractivity contribution in [1.82, 2.24) is 9.55 Å². The molecule has 3 aromatic heterocycles. The Bertz CT molecular complexity index is 963. The molecule has 0 aromatic carbocycles. The normalized spacial score (nSPS) is 14.0. The van der Waals surface area contributed by atoms with Crippen molar-refractivity contribution in [3.8, 4) is 0 Å². The van der Waals surface area contributed by atoms with Crippen LogP contribution in [0.3, 0.4) is 0 Å². The minimum Gasteiger partial charge on any atom is -0.323 e. The van der Waals surface area contributed by atoms with Gasteiger partial charge in [-0.05, 0) is 59.0 Å². The average molecular weight is 399 g/mol. The van der Waals surface area contributed by atoms with Gasteiger partial charge in [0, 0.05) is 19.6 Å². The van der Waals surface area contributed by atoms with Crippen molar-refractivity contribution in [1.29, 1.82) is 0 Å². The van der Waals surface area contributed by atoms with Gasteiger partial charge in [-0.25, -0.2) is 0 Å². The Morgan fingerprint density at radius 1 is 1.43 bits per heavy atom. The highest BCUT2D eigenvalue weighted by Crippen LogP contribution is 2.34. The van der Waals surface area contributed by atoms with E-state index in [1.165, 1.54) is 10.4 Å². The van der Waals surface area contributed by atoms with Crippen LogP contribution in [-0.2, 0) is 19.4 Å². The third-order valence-electron chi connectivity index (χ3n) is 3.78. The van der Waals surface area contributed by atoms with Gasteiger partial charge in [0.05, 0.1) is 11.9 Å². The zero-order valence-corrected chi connectivity index (χ0v) is 15.0. The summed E-state index contributed by atoms with van der Waals surface area (Å²) in [5, 5.41) is 2.88. The molecule has 1 aliphatic rings. The van der Waals surface area contributed by atoms with E-state index in [-0.39, 0.29) is 5.56 Å². The molecular formula is C14H11BrN2OS3. The molecule has 0 radical (unpaired) electrons. The van der Waals surface area contributed by atoms with E-state index in [1.54, 1.807) is 27.2 Å². The van der Waals surface area contributed by atoms with E-state index in [4.69, 9.17) is 12.2 Å². The van der Waals surface area contributed by atoms with Crippen LogP contribution in [0.1, 0.15) is 21.7 Å². The molecular weight excluding hydrogens is 388 g/mol. The second-order valence-corrected chi connectivity index (χ2v) is 8.52. The van der Waals surface area contributed by atoms with Crippen LogP contribution in [-0.4, -0.2) is 9.55 Å². The lowest BCUT2D eigenvalue weighted by Crippen LogP contribution is -2.22. The van der Waals surface area contributed by atoms with E-state index in [0.717, 1.165) is 38.8 Å². The summed E-state index contributed by atoms with van der Waals surface area (Å²) >= 11 is 12.2. The summed E-state index contributed by atoms with van der Waals surface area (Å²) in [4.78, 5) is 19.5. The van der Waals surface area contributed by atoms with Gasteiger partial charge < -0.3 is 4.98 Å². The molecule has 0 amide bonds. The fourth-order valence-corrected chi connectivity index (χ4v) is 5.88.